The van der Waals surface area contributed by atoms with Crippen LogP contribution in [0, 0.1) is 0 Å². The molecule has 0 saturated heterocycles. The maximum atomic E-state index is 13.9. The number of aromatic nitrogens is 1. The second kappa shape index (κ2) is 5.91. The van der Waals surface area contributed by atoms with Gasteiger partial charge in [0, 0.05) is 18.9 Å². The highest BCUT2D eigenvalue weighted by atomic mass is 19.1. The average Bonchev–Trinajstić information content (AvgIpc) is 2.85. The summed E-state index contributed by atoms with van der Waals surface area (Å²) in [4.78, 5) is 4.34. The Bertz CT molecular complexity index is 491. The highest BCUT2D eigenvalue weighted by molar-refractivity contribution is 5.65. The van der Waals surface area contributed by atoms with Gasteiger partial charge in [0.05, 0.1) is 12.3 Å². The van der Waals surface area contributed by atoms with E-state index in [9.17, 15) is 4.39 Å². The molecule has 0 fully saturated rings. The molecule has 1 aromatic heterocycles. The van der Waals surface area contributed by atoms with Gasteiger partial charge >= 0.3 is 0 Å². The number of nitrogens with zero attached hydrogens (tertiary/aromatic N) is 1. The minimum atomic E-state index is -0.252. The van der Waals surface area contributed by atoms with E-state index in [0.29, 0.717) is 12.2 Å². The van der Waals surface area contributed by atoms with Gasteiger partial charge in [0.25, 0.3) is 0 Å². The van der Waals surface area contributed by atoms with E-state index in [1.807, 2.05) is 12.3 Å². The predicted molar refractivity (Wildman–Crippen MR) is 71.0 cm³/mol. The molecule has 0 unspecified atom stereocenters. The fraction of sp³-hybridized carbons (Fsp3) is 0.400. The largest absolute Gasteiger partial charge is 0.381 e. The lowest BCUT2D eigenvalue weighted by molar-refractivity contribution is 0.233. The van der Waals surface area contributed by atoms with Crippen LogP contribution < -0.4 is 0 Å². The summed E-state index contributed by atoms with van der Waals surface area (Å²) < 4.78 is 18.7. The highest BCUT2D eigenvalue weighted by Gasteiger charge is 2.13. The molecular formula is C15H18FNO. The SMILES string of the molecule is COC/C=C\C(F)=C(/C)c1cc2c(cn1)CCC2. The number of hydrogen-bond donors (Lipinski definition) is 0. The summed E-state index contributed by atoms with van der Waals surface area (Å²) in [6, 6.07) is 2.02. The van der Waals surface area contributed by atoms with Gasteiger partial charge in [0.1, 0.15) is 5.83 Å². The van der Waals surface area contributed by atoms with Crippen molar-refractivity contribution in [3.63, 3.8) is 0 Å². The Morgan fingerprint density at radius 1 is 1.44 bits per heavy atom. The maximum Gasteiger partial charge on any atom is 0.128 e. The first-order valence-corrected chi connectivity index (χ1v) is 6.22. The molecule has 0 aliphatic heterocycles. The van der Waals surface area contributed by atoms with Crippen LogP contribution in [0.2, 0.25) is 0 Å². The van der Waals surface area contributed by atoms with Crippen molar-refractivity contribution in [3.8, 4) is 0 Å². The molecule has 2 nitrogen and oxygen atoms in total. The van der Waals surface area contributed by atoms with Crippen molar-refractivity contribution in [2.75, 3.05) is 13.7 Å². The summed E-state index contributed by atoms with van der Waals surface area (Å²) in [5.41, 5.74) is 3.93. The Labute approximate surface area is 107 Å². The summed E-state index contributed by atoms with van der Waals surface area (Å²) in [6.45, 7) is 2.18. The predicted octanol–water partition coefficient (Wildman–Crippen LogP) is 3.47. The molecule has 18 heavy (non-hydrogen) atoms. The Balaban J connectivity index is 2.22. The zero-order valence-corrected chi connectivity index (χ0v) is 10.9. The number of halogens is 1. The van der Waals surface area contributed by atoms with E-state index in [-0.39, 0.29) is 5.83 Å². The quantitative estimate of drug-likeness (QED) is 0.760. The van der Waals surface area contributed by atoms with Gasteiger partial charge in [-0.1, -0.05) is 6.08 Å². The molecule has 1 aromatic rings. The highest BCUT2D eigenvalue weighted by Crippen LogP contribution is 2.25. The lowest BCUT2D eigenvalue weighted by Crippen LogP contribution is -1.92. The molecule has 0 saturated carbocycles. The van der Waals surface area contributed by atoms with Gasteiger partial charge < -0.3 is 4.74 Å². The maximum absolute atomic E-state index is 13.9. The summed E-state index contributed by atoms with van der Waals surface area (Å²) in [5, 5.41) is 0. The lowest BCUT2D eigenvalue weighted by atomic mass is 10.1. The third kappa shape index (κ3) is 2.85. The third-order valence-corrected chi connectivity index (χ3v) is 3.24. The van der Waals surface area contributed by atoms with E-state index >= 15 is 0 Å². The first kappa shape index (κ1) is 13.0. The van der Waals surface area contributed by atoms with Crippen molar-refractivity contribution < 1.29 is 9.13 Å². The summed E-state index contributed by atoms with van der Waals surface area (Å²) in [6.07, 6.45) is 8.34. The van der Waals surface area contributed by atoms with Crippen LogP contribution in [0.1, 0.15) is 30.2 Å². The standard InChI is InChI=1S/C15H18FNO/c1-11(14(16)7-4-8-18-2)15-9-12-5-3-6-13(12)10-17-15/h4,7,9-10H,3,5-6,8H2,1-2H3/b7-4-,14-11-. The summed E-state index contributed by atoms with van der Waals surface area (Å²) >= 11 is 0. The molecule has 0 N–H and O–H groups in total. The Morgan fingerprint density at radius 3 is 3.00 bits per heavy atom. The van der Waals surface area contributed by atoms with Crippen LogP contribution in [-0.2, 0) is 17.6 Å². The van der Waals surface area contributed by atoms with E-state index in [2.05, 4.69) is 4.98 Å². The molecule has 0 amide bonds. The van der Waals surface area contributed by atoms with Crippen molar-refractivity contribution in [1.82, 2.24) is 4.98 Å². The van der Waals surface area contributed by atoms with Gasteiger partial charge in [-0.2, -0.15) is 0 Å². The van der Waals surface area contributed by atoms with Gasteiger partial charge in [-0.05, 0) is 49.5 Å². The molecule has 0 spiro atoms. The van der Waals surface area contributed by atoms with Crippen molar-refractivity contribution in [2.24, 2.45) is 0 Å². The van der Waals surface area contributed by atoms with Crippen molar-refractivity contribution in [2.45, 2.75) is 26.2 Å². The van der Waals surface area contributed by atoms with E-state index in [4.69, 9.17) is 4.74 Å². The summed E-state index contributed by atoms with van der Waals surface area (Å²) in [5.74, 6) is -0.252. The van der Waals surface area contributed by atoms with Gasteiger partial charge in [0.15, 0.2) is 0 Å². The Kier molecular flexibility index (Phi) is 4.26. The number of ether oxygens (including phenoxy) is 1. The molecule has 96 valence electrons. The number of fused-ring (bicyclic) bond motifs is 1. The molecule has 0 atom stereocenters. The number of hydrogen-bond acceptors (Lipinski definition) is 2. The minimum Gasteiger partial charge on any atom is -0.381 e. The molecule has 3 heteroatoms. The number of pyridine rings is 1. The van der Waals surface area contributed by atoms with Crippen LogP contribution in [0.4, 0.5) is 4.39 Å². The van der Waals surface area contributed by atoms with Gasteiger partial charge in [0.2, 0.25) is 0 Å². The normalized spacial score (nSPS) is 15.9. The van der Waals surface area contributed by atoms with E-state index < -0.39 is 0 Å². The number of rotatable bonds is 4. The van der Waals surface area contributed by atoms with Crippen molar-refractivity contribution in [3.05, 3.63) is 47.1 Å². The molecule has 2 rings (SSSR count). The molecule has 0 bridgehead atoms. The van der Waals surface area contributed by atoms with Crippen molar-refractivity contribution >= 4 is 5.57 Å². The van der Waals surface area contributed by atoms with Crippen LogP contribution in [0.5, 0.6) is 0 Å². The monoisotopic (exact) mass is 247 g/mol. The molecule has 0 aromatic carbocycles. The van der Waals surface area contributed by atoms with Crippen LogP contribution in [0.25, 0.3) is 5.57 Å². The summed E-state index contributed by atoms with van der Waals surface area (Å²) in [7, 11) is 1.58. The van der Waals surface area contributed by atoms with Gasteiger partial charge in [-0.3, -0.25) is 4.98 Å². The fourth-order valence-corrected chi connectivity index (χ4v) is 2.15. The lowest BCUT2D eigenvalue weighted by Gasteiger charge is -2.04. The second-order valence-corrected chi connectivity index (χ2v) is 4.52. The zero-order chi connectivity index (χ0) is 13.0. The molecule has 0 radical (unpaired) electrons. The first-order chi connectivity index (χ1) is 8.72. The second-order valence-electron chi connectivity index (χ2n) is 4.52. The average molecular weight is 247 g/mol. The van der Waals surface area contributed by atoms with Crippen LogP contribution in [0.3, 0.4) is 0 Å². The van der Waals surface area contributed by atoms with E-state index in [1.165, 1.54) is 23.6 Å². The number of allylic oxidation sites excluding steroid dienone is 3. The molecular weight excluding hydrogens is 229 g/mol. The fourth-order valence-electron chi connectivity index (χ4n) is 2.15. The molecule has 1 aliphatic rings. The van der Waals surface area contributed by atoms with Crippen LogP contribution >= 0.6 is 0 Å². The first-order valence-electron chi connectivity index (χ1n) is 6.22. The van der Waals surface area contributed by atoms with Gasteiger partial charge in [-0.15, -0.1) is 0 Å². The van der Waals surface area contributed by atoms with Gasteiger partial charge in [-0.25, -0.2) is 4.39 Å². The molecule has 1 heterocycles. The zero-order valence-electron chi connectivity index (χ0n) is 10.9. The third-order valence-electron chi connectivity index (χ3n) is 3.24. The Hall–Kier alpha value is -1.48. The number of methoxy groups -OCH3 is 1. The Morgan fingerprint density at radius 2 is 2.22 bits per heavy atom. The van der Waals surface area contributed by atoms with Crippen LogP contribution in [0.15, 0.2) is 30.2 Å². The van der Waals surface area contributed by atoms with E-state index in [1.54, 1.807) is 20.1 Å². The molecule has 1 aliphatic carbocycles. The minimum absolute atomic E-state index is 0.252. The van der Waals surface area contributed by atoms with E-state index in [0.717, 1.165) is 18.5 Å². The number of aryl methyl sites for hydroxylation is 2. The van der Waals surface area contributed by atoms with Crippen molar-refractivity contribution in [1.29, 1.82) is 0 Å². The topological polar surface area (TPSA) is 22.1 Å². The smallest absolute Gasteiger partial charge is 0.128 e. The van der Waals surface area contributed by atoms with Crippen LogP contribution in [-0.4, -0.2) is 18.7 Å².